The van der Waals surface area contributed by atoms with E-state index in [1.165, 1.54) is 0 Å². The number of hydrogen-bond acceptors (Lipinski definition) is 10. The zero-order chi connectivity index (χ0) is 16.4. The van der Waals surface area contributed by atoms with E-state index in [-0.39, 0.29) is 26.8 Å². The first-order valence-corrected chi connectivity index (χ1v) is 9.94. The molecule has 0 aliphatic carbocycles. The first-order chi connectivity index (χ1) is 10.2. The number of ether oxygens (including phenoxy) is 4. The fourth-order valence-corrected chi connectivity index (χ4v) is 2.86. The van der Waals surface area contributed by atoms with Crippen molar-refractivity contribution in [2.75, 3.05) is 39.3 Å². The molecule has 0 amide bonds. The van der Waals surface area contributed by atoms with Crippen LogP contribution in [0, 0.1) is 0 Å². The maximum absolute atomic E-state index is 11.0. The Morgan fingerprint density at radius 1 is 0.773 bits per heavy atom. The first-order valence-electron chi connectivity index (χ1n) is 6.31. The van der Waals surface area contributed by atoms with Gasteiger partial charge in [-0.05, 0) is 0 Å². The highest BCUT2D eigenvalue weighted by atomic mass is 32.2. The summed E-state index contributed by atoms with van der Waals surface area (Å²) in [6.07, 6.45) is -0.815. The van der Waals surface area contributed by atoms with E-state index in [0.29, 0.717) is 0 Å². The summed E-state index contributed by atoms with van der Waals surface area (Å²) in [6.45, 7) is -0.573. The Morgan fingerprint density at radius 2 is 1.14 bits per heavy atom. The summed E-state index contributed by atoms with van der Waals surface area (Å²) < 4.78 is 74.8. The molecule has 0 N–H and O–H groups in total. The Labute approximate surface area is 128 Å². The topological polar surface area (TPSA) is 124 Å². The van der Waals surface area contributed by atoms with E-state index in [9.17, 15) is 16.8 Å². The number of hydrogen-bond donors (Lipinski definition) is 0. The van der Waals surface area contributed by atoms with Crippen molar-refractivity contribution in [2.24, 2.45) is 0 Å². The van der Waals surface area contributed by atoms with Gasteiger partial charge in [-0.15, -0.1) is 0 Å². The van der Waals surface area contributed by atoms with Crippen LogP contribution in [0.3, 0.4) is 0 Å². The van der Waals surface area contributed by atoms with Crippen LogP contribution < -0.4 is 0 Å². The lowest BCUT2D eigenvalue weighted by molar-refractivity contribution is -0.0359. The van der Waals surface area contributed by atoms with E-state index in [1.54, 1.807) is 0 Å². The van der Waals surface area contributed by atoms with Gasteiger partial charge in [0.1, 0.15) is 38.0 Å². The molecule has 0 bridgehead atoms. The molecule has 0 aromatic carbocycles. The van der Waals surface area contributed by atoms with Crippen molar-refractivity contribution in [2.45, 2.75) is 24.4 Å². The van der Waals surface area contributed by atoms with Gasteiger partial charge < -0.3 is 18.9 Å². The fourth-order valence-electron chi connectivity index (χ4n) is 2.09. The Hall–Kier alpha value is -0.340. The van der Waals surface area contributed by atoms with Gasteiger partial charge in [-0.3, -0.25) is 8.37 Å². The summed E-state index contributed by atoms with van der Waals surface area (Å²) in [5.74, 6) is 0. The monoisotopic (exact) mass is 362 g/mol. The summed E-state index contributed by atoms with van der Waals surface area (Å²) in [6, 6.07) is 0. The fraction of sp³-hybridized carbons (Fsp3) is 1.00. The lowest BCUT2D eigenvalue weighted by Gasteiger charge is -2.24. The second kappa shape index (κ2) is 7.05. The van der Waals surface area contributed by atoms with Crippen molar-refractivity contribution in [3.63, 3.8) is 0 Å². The molecular formula is C10H18O10S2. The van der Waals surface area contributed by atoms with Crippen LogP contribution in [0.1, 0.15) is 0 Å². The molecule has 0 unspecified atom stereocenters. The van der Waals surface area contributed by atoms with Gasteiger partial charge in [-0.25, -0.2) is 0 Å². The summed E-state index contributed by atoms with van der Waals surface area (Å²) in [5, 5.41) is 0. The molecule has 2 rings (SSSR count). The molecule has 22 heavy (non-hydrogen) atoms. The molecule has 2 heterocycles. The van der Waals surface area contributed by atoms with E-state index in [2.05, 4.69) is 0 Å². The van der Waals surface area contributed by atoms with Crippen molar-refractivity contribution in [3.8, 4) is 0 Å². The summed E-state index contributed by atoms with van der Waals surface area (Å²) in [7, 11) is -7.23. The van der Waals surface area contributed by atoms with Crippen LogP contribution in [0.5, 0.6) is 0 Å². The lowest BCUT2D eigenvalue weighted by Crippen LogP contribution is -2.45. The highest BCUT2D eigenvalue weighted by Gasteiger charge is 2.45. The minimum absolute atomic E-state index is 0.0536. The van der Waals surface area contributed by atoms with Gasteiger partial charge in [0.15, 0.2) is 0 Å². The van der Waals surface area contributed by atoms with Crippen molar-refractivity contribution in [1.29, 1.82) is 0 Å². The van der Waals surface area contributed by atoms with Crippen LogP contribution >= 0.6 is 0 Å². The summed E-state index contributed by atoms with van der Waals surface area (Å²) >= 11 is 0. The highest BCUT2D eigenvalue weighted by molar-refractivity contribution is 7.86. The van der Waals surface area contributed by atoms with E-state index in [0.717, 1.165) is 12.5 Å². The Kier molecular flexibility index (Phi) is 5.77. The predicted octanol–water partition coefficient (Wildman–Crippen LogP) is -1.58. The molecule has 2 aliphatic heterocycles. The largest absolute Gasteiger partial charge is 0.347 e. The molecule has 12 heteroatoms. The average molecular weight is 362 g/mol. The molecule has 2 saturated heterocycles. The van der Waals surface area contributed by atoms with Crippen molar-refractivity contribution < 1.29 is 44.1 Å². The maximum Gasteiger partial charge on any atom is 0.264 e. The summed E-state index contributed by atoms with van der Waals surface area (Å²) in [4.78, 5) is 0. The van der Waals surface area contributed by atoms with Gasteiger partial charge in [-0.2, -0.15) is 16.8 Å². The zero-order valence-corrected chi connectivity index (χ0v) is 13.7. The van der Waals surface area contributed by atoms with Crippen LogP contribution in [-0.4, -0.2) is 80.6 Å². The van der Waals surface area contributed by atoms with Crippen LogP contribution in [0.25, 0.3) is 0 Å². The van der Waals surface area contributed by atoms with Gasteiger partial charge >= 0.3 is 0 Å². The molecule has 4 atom stereocenters. The standard InChI is InChI=1S/C10H18O10S2/c1-21(11,12)19-3-7-9(17-5-15-7)10-8(16-6-18-10)4-20-22(2,13)14/h7-10H,3-6H2,1-2H3/t7-,8+,9-,10+. The van der Waals surface area contributed by atoms with Crippen LogP contribution in [0.2, 0.25) is 0 Å². The molecule has 0 aromatic rings. The van der Waals surface area contributed by atoms with Crippen LogP contribution in [-0.2, 0) is 47.5 Å². The molecule has 2 aliphatic rings. The third-order valence-corrected chi connectivity index (χ3v) is 4.16. The average Bonchev–Trinajstić information content (AvgIpc) is 3.00. The molecular weight excluding hydrogens is 344 g/mol. The molecule has 0 spiro atoms. The minimum Gasteiger partial charge on any atom is -0.347 e. The Bertz CT molecular complexity index is 519. The molecule has 0 saturated carbocycles. The Balaban J connectivity index is 1.95. The van der Waals surface area contributed by atoms with Crippen molar-refractivity contribution in [1.82, 2.24) is 0 Å². The lowest BCUT2D eigenvalue weighted by atomic mass is 10.0. The van der Waals surface area contributed by atoms with E-state index >= 15 is 0 Å². The van der Waals surface area contributed by atoms with Gasteiger partial charge in [0.05, 0.1) is 25.7 Å². The highest BCUT2D eigenvalue weighted by Crippen LogP contribution is 2.26. The molecule has 130 valence electrons. The van der Waals surface area contributed by atoms with Gasteiger partial charge in [0.2, 0.25) is 0 Å². The SMILES string of the molecule is CS(=O)(=O)OC[C@@H]1OCO[C@@H]1[C@@H]1OCO[C@@H]1COS(C)(=O)=O. The normalized spacial score (nSPS) is 33.4. The molecule has 2 fully saturated rings. The molecule has 0 radical (unpaired) electrons. The van der Waals surface area contributed by atoms with E-state index in [1.807, 2.05) is 0 Å². The van der Waals surface area contributed by atoms with Gasteiger partial charge in [0.25, 0.3) is 20.2 Å². The van der Waals surface area contributed by atoms with Gasteiger partial charge in [-0.1, -0.05) is 0 Å². The van der Waals surface area contributed by atoms with Gasteiger partial charge in [0, 0.05) is 0 Å². The van der Waals surface area contributed by atoms with Crippen LogP contribution in [0.4, 0.5) is 0 Å². The third-order valence-electron chi connectivity index (χ3n) is 3.03. The zero-order valence-electron chi connectivity index (χ0n) is 12.0. The van der Waals surface area contributed by atoms with Crippen molar-refractivity contribution >= 4 is 20.2 Å². The van der Waals surface area contributed by atoms with Crippen molar-refractivity contribution in [3.05, 3.63) is 0 Å². The molecule has 10 nitrogen and oxygen atoms in total. The second-order valence-electron chi connectivity index (χ2n) is 4.89. The number of rotatable bonds is 7. The predicted molar refractivity (Wildman–Crippen MR) is 70.8 cm³/mol. The first kappa shape index (κ1) is 18.0. The third kappa shape index (κ3) is 5.38. The Morgan fingerprint density at radius 3 is 1.45 bits per heavy atom. The maximum atomic E-state index is 11.0. The minimum atomic E-state index is -3.61. The summed E-state index contributed by atoms with van der Waals surface area (Å²) in [5.41, 5.74) is 0. The molecule has 0 aromatic heterocycles. The van der Waals surface area contributed by atoms with Crippen LogP contribution in [0.15, 0.2) is 0 Å². The van der Waals surface area contributed by atoms with E-state index in [4.69, 9.17) is 27.3 Å². The second-order valence-corrected chi connectivity index (χ2v) is 8.17. The smallest absolute Gasteiger partial charge is 0.264 e. The van der Waals surface area contributed by atoms with E-state index < -0.39 is 44.7 Å². The quantitative estimate of drug-likeness (QED) is 0.490.